The molecule has 1 aromatic rings. The van der Waals surface area contributed by atoms with E-state index in [4.69, 9.17) is 0 Å². The van der Waals surface area contributed by atoms with Crippen molar-refractivity contribution in [2.75, 3.05) is 0 Å². The number of nitrogens with zero attached hydrogens (tertiary/aromatic N) is 1. The molecule has 1 fully saturated rings. The maximum Gasteiger partial charge on any atom is 0.244 e. The molecule has 0 N–H and O–H groups in total. The molecule has 2 heteroatoms. The van der Waals surface area contributed by atoms with Gasteiger partial charge in [-0.05, 0) is 24.8 Å². The summed E-state index contributed by atoms with van der Waals surface area (Å²) >= 11 is 0. The van der Waals surface area contributed by atoms with Gasteiger partial charge in [0.1, 0.15) is 0 Å². The van der Waals surface area contributed by atoms with Gasteiger partial charge in [-0.25, -0.2) is 5.32 Å². The highest BCUT2D eigenvalue weighted by Gasteiger charge is 2.32. The second kappa shape index (κ2) is 4.47. The van der Waals surface area contributed by atoms with Gasteiger partial charge in [0.2, 0.25) is 5.91 Å². The molecule has 1 saturated heterocycles. The van der Waals surface area contributed by atoms with Crippen LogP contribution in [0, 0.1) is 5.92 Å². The van der Waals surface area contributed by atoms with E-state index in [1.165, 1.54) is 5.56 Å². The number of carbonyl (C=O) groups is 1. The monoisotopic (exact) mass is 202 g/mol. The lowest BCUT2D eigenvalue weighted by Crippen LogP contribution is -2.20. The van der Waals surface area contributed by atoms with Crippen LogP contribution in [0.25, 0.3) is 0 Å². The Labute approximate surface area is 90.7 Å². The average Bonchev–Trinajstić information content (AvgIpc) is 2.60. The van der Waals surface area contributed by atoms with Crippen molar-refractivity contribution in [1.82, 2.24) is 5.32 Å². The lowest BCUT2D eigenvalue weighted by atomic mass is 9.98. The SMILES string of the molecule is CCC1CC(Cc2ccccc2)[N]C1=O. The molecule has 1 aliphatic rings. The highest BCUT2D eigenvalue weighted by Crippen LogP contribution is 2.22. The fourth-order valence-electron chi connectivity index (χ4n) is 2.12. The van der Waals surface area contributed by atoms with Crippen LogP contribution in [0.15, 0.2) is 30.3 Å². The zero-order valence-electron chi connectivity index (χ0n) is 9.02. The van der Waals surface area contributed by atoms with Gasteiger partial charge >= 0.3 is 0 Å². The highest BCUT2D eigenvalue weighted by atomic mass is 16.2. The lowest BCUT2D eigenvalue weighted by molar-refractivity contribution is -0.122. The number of benzene rings is 1. The first kappa shape index (κ1) is 10.2. The summed E-state index contributed by atoms with van der Waals surface area (Å²) in [6.45, 7) is 2.06. The fourth-order valence-corrected chi connectivity index (χ4v) is 2.12. The molecule has 2 nitrogen and oxygen atoms in total. The predicted molar refractivity (Wildman–Crippen MR) is 59.5 cm³/mol. The number of hydrogen-bond acceptors (Lipinski definition) is 1. The number of carbonyl (C=O) groups excluding carboxylic acids is 1. The molecule has 1 amide bonds. The minimum absolute atomic E-state index is 0.110. The number of amides is 1. The van der Waals surface area contributed by atoms with Crippen LogP contribution in [0.3, 0.4) is 0 Å². The van der Waals surface area contributed by atoms with E-state index in [0.717, 1.165) is 19.3 Å². The number of rotatable bonds is 3. The van der Waals surface area contributed by atoms with Gasteiger partial charge in [-0.15, -0.1) is 0 Å². The summed E-state index contributed by atoms with van der Waals surface area (Å²) in [6, 6.07) is 10.5. The first-order valence-corrected chi connectivity index (χ1v) is 5.58. The maximum absolute atomic E-state index is 11.4. The van der Waals surface area contributed by atoms with E-state index >= 15 is 0 Å². The third-order valence-corrected chi connectivity index (χ3v) is 3.02. The van der Waals surface area contributed by atoms with Crippen LogP contribution in [-0.2, 0) is 11.2 Å². The van der Waals surface area contributed by atoms with E-state index in [-0.39, 0.29) is 17.9 Å². The van der Waals surface area contributed by atoms with Crippen LogP contribution in [-0.4, -0.2) is 11.9 Å². The molecule has 0 aromatic heterocycles. The van der Waals surface area contributed by atoms with Crippen LogP contribution in [0.4, 0.5) is 0 Å². The third kappa shape index (κ3) is 2.38. The summed E-state index contributed by atoms with van der Waals surface area (Å²) in [5, 5.41) is 4.20. The molecule has 79 valence electrons. The molecule has 2 rings (SSSR count). The third-order valence-electron chi connectivity index (χ3n) is 3.02. The van der Waals surface area contributed by atoms with Crippen molar-refractivity contribution >= 4 is 5.91 Å². The molecule has 0 spiro atoms. The van der Waals surface area contributed by atoms with Crippen molar-refractivity contribution in [3.63, 3.8) is 0 Å². The van der Waals surface area contributed by atoms with Gasteiger partial charge < -0.3 is 0 Å². The van der Waals surface area contributed by atoms with E-state index in [0.29, 0.717) is 0 Å². The lowest BCUT2D eigenvalue weighted by Gasteiger charge is -2.07. The van der Waals surface area contributed by atoms with Gasteiger partial charge in [-0.3, -0.25) is 4.79 Å². The Morgan fingerprint density at radius 2 is 2.07 bits per heavy atom. The Morgan fingerprint density at radius 3 is 2.67 bits per heavy atom. The average molecular weight is 202 g/mol. The van der Waals surface area contributed by atoms with Crippen LogP contribution in [0.5, 0.6) is 0 Å². The van der Waals surface area contributed by atoms with E-state index in [1.54, 1.807) is 0 Å². The summed E-state index contributed by atoms with van der Waals surface area (Å²) in [6.07, 6.45) is 2.76. The van der Waals surface area contributed by atoms with Crippen molar-refractivity contribution in [3.05, 3.63) is 35.9 Å². The van der Waals surface area contributed by atoms with Gasteiger partial charge in [0.15, 0.2) is 0 Å². The molecule has 1 aromatic carbocycles. The van der Waals surface area contributed by atoms with Gasteiger partial charge in [0.25, 0.3) is 0 Å². The Bertz CT molecular complexity index is 334. The standard InChI is InChI=1S/C13H16NO/c1-2-11-9-12(14-13(11)15)8-10-6-4-3-5-7-10/h3-7,11-12H,2,8-9H2,1H3. The molecular weight excluding hydrogens is 186 g/mol. The zero-order valence-corrected chi connectivity index (χ0v) is 9.02. The van der Waals surface area contributed by atoms with Crippen LogP contribution >= 0.6 is 0 Å². The van der Waals surface area contributed by atoms with Gasteiger partial charge in [-0.1, -0.05) is 37.3 Å². The van der Waals surface area contributed by atoms with Crippen molar-refractivity contribution in [3.8, 4) is 0 Å². The first-order valence-electron chi connectivity index (χ1n) is 5.58. The molecule has 1 radical (unpaired) electrons. The normalized spacial score (nSPS) is 25.3. The van der Waals surface area contributed by atoms with E-state index in [1.807, 2.05) is 18.2 Å². The van der Waals surface area contributed by atoms with Crippen molar-refractivity contribution < 1.29 is 4.79 Å². The Hall–Kier alpha value is -1.31. The van der Waals surface area contributed by atoms with Crippen LogP contribution in [0.2, 0.25) is 0 Å². The topological polar surface area (TPSA) is 31.2 Å². The summed E-state index contributed by atoms with van der Waals surface area (Å²) in [5.41, 5.74) is 1.27. The summed E-state index contributed by atoms with van der Waals surface area (Å²) < 4.78 is 0. The summed E-state index contributed by atoms with van der Waals surface area (Å²) in [5.74, 6) is 0.289. The molecule has 0 aliphatic carbocycles. The predicted octanol–water partition coefficient (Wildman–Crippen LogP) is 2.16. The minimum Gasteiger partial charge on any atom is -0.273 e. The molecular formula is C13H16NO. The second-order valence-corrected chi connectivity index (χ2v) is 4.15. The minimum atomic E-state index is 0.110. The molecule has 15 heavy (non-hydrogen) atoms. The van der Waals surface area contributed by atoms with Gasteiger partial charge in [-0.2, -0.15) is 0 Å². The Balaban J connectivity index is 1.95. The fraction of sp³-hybridized carbons (Fsp3) is 0.462. The number of hydrogen-bond donors (Lipinski definition) is 0. The summed E-state index contributed by atoms with van der Waals surface area (Å²) in [4.78, 5) is 11.4. The molecule has 0 bridgehead atoms. The molecule has 1 heterocycles. The quantitative estimate of drug-likeness (QED) is 0.739. The second-order valence-electron chi connectivity index (χ2n) is 4.15. The highest BCUT2D eigenvalue weighted by molar-refractivity contribution is 5.80. The maximum atomic E-state index is 11.4. The van der Waals surface area contributed by atoms with E-state index < -0.39 is 0 Å². The summed E-state index contributed by atoms with van der Waals surface area (Å²) in [7, 11) is 0. The zero-order chi connectivity index (χ0) is 10.7. The van der Waals surface area contributed by atoms with Gasteiger partial charge in [0.05, 0.1) is 6.04 Å². The van der Waals surface area contributed by atoms with Crippen LogP contribution < -0.4 is 5.32 Å². The molecule has 2 atom stereocenters. The van der Waals surface area contributed by atoms with E-state index in [9.17, 15) is 4.79 Å². The van der Waals surface area contributed by atoms with Crippen LogP contribution in [0.1, 0.15) is 25.3 Å². The molecule has 1 aliphatic heterocycles. The van der Waals surface area contributed by atoms with Crippen molar-refractivity contribution in [2.45, 2.75) is 32.2 Å². The smallest absolute Gasteiger partial charge is 0.244 e. The first-order chi connectivity index (χ1) is 7.29. The van der Waals surface area contributed by atoms with Gasteiger partial charge in [0, 0.05) is 5.92 Å². The van der Waals surface area contributed by atoms with Crippen molar-refractivity contribution in [1.29, 1.82) is 0 Å². The molecule has 0 saturated carbocycles. The Morgan fingerprint density at radius 1 is 1.33 bits per heavy atom. The van der Waals surface area contributed by atoms with E-state index in [2.05, 4.69) is 24.4 Å². The Kier molecular flexibility index (Phi) is 3.05. The van der Waals surface area contributed by atoms with Crippen molar-refractivity contribution in [2.24, 2.45) is 5.92 Å². The largest absolute Gasteiger partial charge is 0.273 e. The molecule has 2 unspecified atom stereocenters.